The normalized spacial score (nSPS) is 36.7. The van der Waals surface area contributed by atoms with Crippen LogP contribution in [0.4, 0.5) is 0 Å². The first-order chi connectivity index (χ1) is 10.4. The van der Waals surface area contributed by atoms with Gasteiger partial charge in [-0.15, -0.1) is 0 Å². The van der Waals surface area contributed by atoms with Crippen molar-refractivity contribution in [1.82, 2.24) is 5.32 Å². The molecule has 4 atom stereocenters. The second kappa shape index (κ2) is 7.99. The van der Waals surface area contributed by atoms with E-state index in [1.54, 1.807) is 25.7 Å². The molecular formula is C20H37N. The van der Waals surface area contributed by atoms with E-state index in [0.29, 0.717) is 0 Å². The summed E-state index contributed by atoms with van der Waals surface area (Å²) >= 11 is 0. The molecule has 0 bridgehead atoms. The Labute approximate surface area is 132 Å². The maximum Gasteiger partial charge on any atom is 0.0124 e. The monoisotopic (exact) mass is 291 g/mol. The van der Waals surface area contributed by atoms with Gasteiger partial charge >= 0.3 is 0 Å². The lowest BCUT2D eigenvalue weighted by Crippen LogP contribution is -2.45. The SMILES string of the molecule is CCNC(C1CCCCCC1)C1CCC2CCCCC2C1. The predicted molar refractivity (Wildman–Crippen MR) is 91.4 cm³/mol. The van der Waals surface area contributed by atoms with Gasteiger partial charge in [0.15, 0.2) is 0 Å². The smallest absolute Gasteiger partial charge is 0.0124 e. The summed E-state index contributed by atoms with van der Waals surface area (Å²) < 4.78 is 0. The highest BCUT2D eigenvalue weighted by Gasteiger charge is 2.37. The lowest BCUT2D eigenvalue weighted by atomic mass is 9.64. The van der Waals surface area contributed by atoms with Gasteiger partial charge in [0.1, 0.15) is 0 Å². The second-order valence-corrected chi connectivity index (χ2v) is 8.21. The molecule has 0 saturated heterocycles. The highest BCUT2D eigenvalue weighted by atomic mass is 14.9. The third-order valence-electron chi connectivity index (χ3n) is 6.94. The Morgan fingerprint density at radius 3 is 2.10 bits per heavy atom. The second-order valence-electron chi connectivity index (χ2n) is 8.21. The number of hydrogen-bond acceptors (Lipinski definition) is 1. The molecule has 3 aliphatic carbocycles. The van der Waals surface area contributed by atoms with E-state index >= 15 is 0 Å². The fourth-order valence-corrected chi connectivity index (χ4v) is 5.86. The topological polar surface area (TPSA) is 12.0 Å². The van der Waals surface area contributed by atoms with Crippen LogP contribution in [0.15, 0.2) is 0 Å². The average Bonchev–Trinajstić information content (AvgIpc) is 2.81. The largest absolute Gasteiger partial charge is 0.314 e. The molecule has 3 rings (SSSR count). The van der Waals surface area contributed by atoms with Gasteiger partial charge in [-0.25, -0.2) is 0 Å². The Kier molecular flexibility index (Phi) is 6.03. The van der Waals surface area contributed by atoms with E-state index in [-0.39, 0.29) is 0 Å². The van der Waals surface area contributed by atoms with Gasteiger partial charge < -0.3 is 5.32 Å². The summed E-state index contributed by atoms with van der Waals surface area (Å²) in [7, 11) is 0. The fourth-order valence-electron chi connectivity index (χ4n) is 5.86. The van der Waals surface area contributed by atoms with Gasteiger partial charge in [0.2, 0.25) is 0 Å². The molecular weight excluding hydrogens is 254 g/mol. The Bertz CT molecular complexity index is 292. The zero-order valence-corrected chi connectivity index (χ0v) is 14.3. The van der Waals surface area contributed by atoms with Crippen LogP contribution in [-0.2, 0) is 0 Å². The third kappa shape index (κ3) is 4.03. The van der Waals surface area contributed by atoms with Crippen molar-refractivity contribution in [3.8, 4) is 0 Å². The van der Waals surface area contributed by atoms with Gasteiger partial charge in [0, 0.05) is 6.04 Å². The molecule has 3 fully saturated rings. The van der Waals surface area contributed by atoms with Gasteiger partial charge in [-0.1, -0.05) is 58.3 Å². The van der Waals surface area contributed by atoms with E-state index in [4.69, 9.17) is 0 Å². The van der Waals surface area contributed by atoms with Crippen LogP contribution in [0, 0.1) is 23.7 Å². The average molecular weight is 292 g/mol. The van der Waals surface area contributed by atoms with Gasteiger partial charge in [0.05, 0.1) is 0 Å². The van der Waals surface area contributed by atoms with Crippen LogP contribution < -0.4 is 5.32 Å². The molecule has 0 radical (unpaired) electrons. The molecule has 0 aromatic carbocycles. The third-order valence-corrected chi connectivity index (χ3v) is 6.94. The molecule has 0 aromatic rings. The van der Waals surface area contributed by atoms with Crippen LogP contribution in [0.2, 0.25) is 0 Å². The van der Waals surface area contributed by atoms with E-state index in [0.717, 1.165) is 29.7 Å². The molecule has 0 aromatic heterocycles. The summed E-state index contributed by atoms with van der Waals surface area (Å²) in [6.07, 6.45) is 19.7. The Morgan fingerprint density at radius 1 is 0.714 bits per heavy atom. The van der Waals surface area contributed by atoms with Gasteiger partial charge in [-0.2, -0.15) is 0 Å². The molecule has 3 saturated carbocycles. The molecule has 1 heteroatoms. The van der Waals surface area contributed by atoms with E-state index < -0.39 is 0 Å². The van der Waals surface area contributed by atoms with E-state index in [9.17, 15) is 0 Å². The van der Waals surface area contributed by atoms with Crippen molar-refractivity contribution < 1.29 is 0 Å². The van der Waals surface area contributed by atoms with Crippen LogP contribution in [0.3, 0.4) is 0 Å². The summed E-state index contributed by atoms with van der Waals surface area (Å²) in [6, 6.07) is 0.843. The summed E-state index contributed by atoms with van der Waals surface area (Å²) in [5, 5.41) is 3.95. The minimum absolute atomic E-state index is 0.843. The van der Waals surface area contributed by atoms with Crippen molar-refractivity contribution in [2.75, 3.05) is 6.54 Å². The predicted octanol–water partition coefficient (Wildman–Crippen LogP) is 5.54. The van der Waals surface area contributed by atoms with Crippen LogP contribution in [0.5, 0.6) is 0 Å². The zero-order chi connectivity index (χ0) is 14.5. The van der Waals surface area contributed by atoms with E-state index in [1.807, 2.05) is 0 Å². The fraction of sp³-hybridized carbons (Fsp3) is 1.00. The summed E-state index contributed by atoms with van der Waals surface area (Å²) in [5.74, 6) is 4.17. The zero-order valence-electron chi connectivity index (χ0n) is 14.3. The molecule has 1 nitrogen and oxygen atoms in total. The summed E-state index contributed by atoms with van der Waals surface area (Å²) in [4.78, 5) is 0. The van der Waals surface area contributed by atoms with Crippen LogP contribution in [0.25, 0.3) is 0 Å². The molecule has 0 amide bonds. The summed E-state index contributed by atoms with van der Waals surface area (Å²) in [6.45, 7) is 3.49. The molecule has 3 aliphatic rings. The lowest BCUT2D eigenvalue weighted by Gasteiger charge is -2.44. The Balaban J connectivity index is 1.62. The Hall–Kier alpha value is -0.0400. The minimum atomic E-state index is 0.843. The van der Waals surface area contributed by atoms with Gasteiger partial charge in [-0.3, -0.25) is 0 Å². The quantitative estimate of drug-likeness (QED) is 0.670. The van der Waals surface area contributed by atoms with Crippen molar-refractivity contribution in [2.24, 2.45) is 23.7 Å². The van der Waals surface area contributed by atoms with E-state index in [1.165, 1.54) is 64.3 Å². The van der Waals surface area contributed by atoms with Crippen molar-refractivity contribution in [3.63, 3.8) is 0 Å². The van der Waals surface area contributed by atoms with Crippen molar-refractivity contribution in [3.05, 3.63) is 0 Å². The van der Waals surface area contributed by atoms with E-state index in [2.05, 4.69) is 12.2 Å². The standard InChI is InChI=1S/C20H37N/c1-2-21-20(17-10-5-3-4-6-11-17)19-14-13-16-9-7-8-12-18(16)15-19/h16-21H,2-15H2,1H3. The molecule has 0 heterocycles. The highest BCUT2D eigenvalue weighted by Crippen LogP contribution is 2.45. The van der Waals surface area contributed by atoms with Gasteiger partial charge in [-0.05, 0) is 62.3 Å². The first-order valence-corrected chi connectivity index (χ1v) is 10.1. The molecule has 4 unspecified atom stereocenters. The molecule has 122 valence electrons. The molecule has 0 aliphatic heterocycles. The molecule has 1 N–H and O–H groups in total. The number of rotatable bonds is 4. The van der Waals surface area contributed by atoms with Crippen molar-refractivity contribution in [1.29, 1.82) is 0 Å². The lowest BCUT2D eigenvalue weighted by molar-refractivity contribution is 0.0902. The van der Waals surface area contributed by atoms with Crippen molar-refractivity contribution in [2.45, 2.75) is 96.4 Å². The number of nitrogens with one attached hydrogen (secondary N) is 1. The minimum Gasteiger partial charge on any atom is -0.314 e. The molecule has 0 spiro atoms. The first-order valence-electron chi connectivity index (χ1n) is 10.1. The number of hydrogen-bond donors (Lipinski definition) is 1. The number of fused-ring (bicyclic) bond motifs is 1. The first kappa shape index (κ1) is 15.8. The maximum absolute atomic E-state index is 3.95. The van der Waals surface area contributed by atoms with Gasteiger partial charge in [0.25, 0.3) is 0 Å². The Morgan fingerprint density at radius 2 is 1.38 bits per heavy atom. The van der Waals surface area contributed by atoms with Crippen molar-refractivity contribution >= 4 is 0 Å². The summed E-state index contributed by atoms with van der Waals surface area (Å²) in [5.41, 5.74) is 0. The molecule has 21 heavy (non-hydrogen) atoms. The van der Waals surface area contributed by atoms with Crippen LogP contribution in [-0.4, -0.2) is 12.6 Å². The van der Waals surface area contributed by atoms with Crippen LogP contribution >= 0.6 is 0 Å². The van der Waals surface area contributed by atoms with Crippen LogP contribution in [0.1, 0.15) is 90.4 Å². The maximum atomic E-state index is 3.95. The highest BCUT2D eigenvalue weighted by molar-refractivity contribution is 4.91.